The van der Waals surface area contributed by atoms with Gasteiger partial charge in [0.05, 0.1) is 28.5 Å². The predicted molar refractivity (Wildman–Crippen MR) is 111 cm³/mol. The third kappa shape index (κ3) is 4.63. The minimum atomic E-state index is -0.349. The molecule has 0 N–H and O–H groups in total. The maximum atomic E-state index is 12.3. The Bertz CT molecular complexity index is 1010. The molecular weight excluding hydrogens is 394 g/mol. The molecule has 0 radical (unpaired) electrons. The number of aromatic nitrogens is 2. The van der Waals surface area contributed by atoms with E-state index in [-0.39, 0.29) is 24.9 Å². The first-order valence-electron chi connectivity index (χ1n) is 8.73. The summed E-state index contributed by atoms with van der Waals surface area (Å²) in [7, 11) is 0. The molecule has 1 aromatic carbocycles. The lowest BCUT2D eigenvalue weighted by atomic mass is 10.1. The van der Waals surface area contributed by atoms with E-state index >= 15 is 0 Å². The molecule has 3 rings (SSSR count). The van der Waals surface area contributed by atoms with Crippen molar-refractivity contribution in [2.24, 2.45) is 0 Å². The van der Waals surface area contributed by atoms with Crippen LogP contribution in [0, 0.1) is 20.8 Å². The number of amides is 1. The Hall–Kier alpha value is -2.58. The molecule has 2 heterocycles. The van der Waals surface area contributed by atoms with Crippen LogP contribution in [0.2, 0.25) is 0 Å². The van der Waals surface area contributed by atoms with E-state index in [4.69, 9.17) is 4.74 Å². The van der Waals surface area contributed by atoms with Gasteiger partial charge in [-0.25, -0.2) is 9.97 Å². The summed E-state index contributed by atoms with van der Waals surface area (Å²) in [5.74, 6) is -0.469. The van der Waals surface area contributed by atoms with Gasteiger partial charge in [0.2, 0.25) is 5.91 Å². The second-order valence-corrected chi connectivity index (χ2v) is 8.29. The molecule has 0 saturated carbocycles. The van der Waals surface area contributed by atoms with Gasteiger partial charge in [-0.05, 0) is 38.0 Å². The molecule has 0 fully saturated rings. The zero-order valence-corrected chi connectivity index (χ0v) is 17.8. The highest BCUT2D eigenvalue weighted by Crippen LogP contribution is 2.32. The monoisotopic (exact) mass is 415 g/mol. The van der Waals surface area contributed by atoms with E-state index in [0.29, 0.717) is 16.5 Å². The molecule has 0 bridgehead atoms. The van der Waals surface area contributed by atoms with Crippen LogP contribution in [-0.2, 0) is 27.4 Å². The molecule has 28 heavy (non-hydrogen) atoms. The lowest BCUT2D eigenvalue weighted by Crippen LogP contribution is -2.23. The molecule has 0 unspecified atom stereocenters. The van der Waals surface area contributed by atoms with Gasteiger partial charge in [0.1, 0.15) is 6.61 Å². The van der Waals surface area contributed by atoms with Gasteiger partial charge in [-0.2, -0.15) is 0 Å². The number of carbonyl (C=O) groups is 2. The average Bonchev–Trinajstić information content (AvgIpc) is 3.26. The number of thiazole rings is 2. The molecule has 0 saturated heterocycles. The van der Waals surface area contributed by atoms with Crippen molar-refractivity contribution in [2.45, 2.75) is 40.7 Å². The molecule has 146 valence electrons. The largest absolute Gasteiger partial charge is 0.459 e. The lowest BCUT2D eigenvalue weighted by molar-refractivity contribution is -0.144. The number of aryl methyl sites for hydroxylation is 2. The highest BCUT2D eigenvalue weighted by atomic mass is 32.1. The van der Waals surface area contributed by atoms with Gasteiger partial charge < -0.3 is 4.74 Å². The molecule has 0 aliphatic rings. The average molecular weight is 416 g/mol. The summed E-state index contributed by atoms with van der Waals surface area (Å²) in [6.07, 6.45) is 0.142. The van der Waals surface area contributed by atoms with Crippen molar-refractivity contribution in [2.75, 3.05) is 4.90 Å². The number of esters is 1. The highest BCUT2D eigenvalue weighted by Gasteiger charge is 2.20. The smallest absolute Gasteiger partial charge is 0.312 e. The van der Waals surface area contributed by atoms with Crippen molar-refractivity contribution in [3.8, 4) is 0 Å². The van der Waals surface area contributed by atoms with Gasteiger partial charge in [-0.3, -0.25) is 14.5 Å². The maximum absolute atomic E-state index is 12.3. The second-order valence-electron chi connectivity index (χ2n) is 6.39. The first kappa shape index (κ1) is 20.2. The van der Waals surface area contributed by atoms with Gasteiger partial charge >= 0.3 is 5.97 Å². The molecule has 2 aromatic heterocycles. The van der Waals surface area contributed by atoms with E-state index in [1.165, 1.54) is 29.6 Å². The summed E-state index contributed by atoms with van der Waals surface area (Å²) in [4.78, 5) is 34.6. The SMILES string of the molecule is CC(=O)N(c1nc(COC(=O)Cc2csc(C)n2)cs1)c1cccc(C)c1C. The number of hydrogen-bond donors (Lipinski definition) is 0. The molecule has 0 spiro atoms. The molecule has 1 amide bonds. The van der Waals surface area contributed by atoms with Crippen LogP contribution in [0.15, 0.2) is 29.0 Å². The number of nitrogens with zero attached hydrogens (tertiary/aromatic N) is 3. The topological polar surface area (TPSA) is 72.4 Å². The van der Waals surface area contributed by atoms with Gasteiger partial charge in [0.15, 0.2) is 5.13 Å². The van der Waals surface area contributed by atoms with Gasteiger partial charge in [0, 0.05) is 17.7 Å². The van der Waals surface area contributed by atoms with E-state index in [9.17, 15) is 9.59 Å². The van der Waals surface area contributed by atoms with E-state index < -0.39 is 0 Å². The summed E-state index contributed by atoms with van der Waals surface area (Å²) >= 11 is 2.85. The van der Waals surface area contributed by atoms with Crippen molar-refractivity contribution in [3.63, 3.8) is 0 Å². The van der Waals surface area contributed by atoms with Crippen LogP contribution in [-0.4, -0.2) is 21.8 Å². The van der Waals surface area contributed by atoms with Crippen LogP contribution in [0.25, 0.3) is 0 Å². The quantitative estimate of drug-likeness (QED) is 0.555. The molecule has 0 atom stereocenters. The number of ether oxygens (including phenoxy) is 1. The number of anilines is 2. The summed E-state index contributed by atoms with van der Waals surface area (Å²) in [6.45, 7) is 7.47. The summed E-state index contributed by atoms with van der Waals surface area (Å²) in [6, 6.07) is 5.83. The lowest BCUT2D eigenvalue weighted by Gasteiger charge is -2.21. The van der Waals surface area contributed by atoms with Crippen LogP contribution < -0.4 is 4.90 Å². The van der Waals surface area contributed by atoms with Crippen molar-refractivity contribution < 1.29 is 14.3 Å². The predicted octanol–water partition coefficient (Wildman–Crippen LogP) is 4.50. The van der Waals surface area contributed by atoms with E-state index in [1.807, 2.05) is 44.4 Å². The summed E-state index contributed by atoms with van der Waals surface area (Å²) in [5.41, 5.74) is 4.26. The Morgan fingerprint density at radius 3 is 2.50 bits per heavy atom. The Balaban J connectivity index is 1.70. The van der Waals surface area contributed by atoms with Crippen LogP contribution >= 0.6 is 22.7 Å². The van der Waals surface area contributed by atoms with Crippen molar-refractivity contribution in [3.05, 3.63) is 56.5 Å². The van der Waals surface area contributed by atoms with Crippen LogP contribution in [0.1, 0.15) is 34.4 Å². The minimum Gasteiger partial charge on any atom is -0.459 e. The number of benzene rings is 1. The first-order chi connectivity index (χ1) is 13.3. The van der Waals surface area contributed by atoms with Crippen molar-refractivity contribution in [1.29, 1.82) is 0 Å². The molecule has 6 nitrogen and oxygen atoms in total. The third-order valence-corrected chi connectivity index (χ3v) is 5.93. The molecule has 8 heteroatoms. The summed E-state index contributed by atoms with van der Waals surface area (Å²) in [5, 5.41) is 5.13. The Morgan fingerprint density at radius 1 is 1.07 bits per heavy atom. The Morgan fingerprint density at radius 2 is 1.82 bits per heavy atom. The molecule has 0 aliphatic carbocycles. The zero-order valence-electron chi connectivity index (χ0n) is 16.2. The van der Waals surface area contributed by atoms with Crippen LogP contribution in [0.5, 0.6) is 0 Å². The first-order valence-corrected chi connectivity index (χ1v) is 10.5. The van der Waals surface area contributed by atoms with Crippen LogP contribution in [0.3, 0.4) is 0 Å². The van der Waals surface area contributed by atoms with E-state index in [0.717, 1.165) is 21.8 Å². The Kier molecular flexibility index (Phi) is 6.21. The highest BCUT2D eigenvalue weighted by molar-refractivity contribution is 7.14. The minimum absolute atomic E-state index is 0.0665. The maximum Gasteiger partial charge on any atom is 0.312 e. The van der Waals surface area contributed by atoms with Crippen molar-refractivity contribution >= 4 is 45.4 Å². The van der Waals surface area contributed by atoms with Crippen molar-refractivity contribution in [1.82, 2.24) is 9.97 Å². The number of rotatable bonds is 6. The fourth-order valence-corrected chi connectivity index (χ4v) is 4.17. The normalized spacial score (nSPS) is 10.7. The standard InChI is InChI=1S/C20H21N3O3S2/c1-12-6-5-7-18(13(12)2)23(15(4)24)20-22-17(11-28-20)9-26-19(25)8-16-10-27-14(3)21-16/h5-7,10-11H,8-9H2,1-4H3. The molecular formula is C20H21N3O3S2. The van der Waals surface area contributed by atoms with Gasteiger partial charge in [-0.15, -0.1) is 22.7 Å². The third-order valence-electron chi connectivity index (χ3n) is 4.24. The van der Waals surface area contributed by atoms with Crippen LogP contribution in [0.4, 0.5) is 10.8 Å². The number of carbonyl (C=O) groups excluding carboxylic acids is 2. The Labute approximate surface area is 171 Å². The van der Waals surface area contributed by atoms with Gasteiger partial charge in [0.25, 0.3) is 0 Å². The zero-order chi connectivity index (χ0) is 20.3. The number of hydrogen-bond acceptors (Lipinski definition) is 7. The van der Waals surface area contributed by atoms with Gasteiger partial charge in [-0.1, -0.05) is 12.1 Å². The van der Waals surface area contributed by atoms with E-state index in [1.54, 1.807) is 10.3 Å². The fourth-order valence-electron chi connectivity index (χ4n) is 2.69. The summed E-state index contributed by atoms with van der Waals surface area (Å²) < 4.78 is 5.31. The fraction of sp³-hybridized carbons (Fsp3) is 0.300. The van der Waals surface area contributed by atoms with E-state index in [2.05, 4.69) is 9.97 Å². The molecule has 3 aromatic rings. The molecule has 0 aliphatic heterocycles. The second kappa shape index (κ2) is 8.62.